The molecule has 0 spiro atoms. The van der Waals surface area contributed by atoms with Crippen LogP contribution in [0.15, 0.2) is 18.2 Å². The third kappa shape index (κ3) is 6.57. The van der Waals surface area contributed by atoms with Crippen LogP contribution >= 0.6 is 23.2 Å². The molecule has 1 amide bonds. The van der Waals surface area contributed by atoms with Gasteiger partial charge in [0.15, 0.2) is 0 Å². The van der Waals surface area contributed by atoms with Crippen molar-refractivity contribution in [3.8, 4) is 0 Å². The van der Waals surface area contributed by atoms with Crippen molar-refractivity contribution >= 4 is 29.1 Å². The van der Waals surface area contributed by atoms with Crippen molar-refractivity contribution in [2.75, 3.05) is 13.2 Å². The van der Waals surface area contributed by atoms with Gasteiger partial charge in [0.05, 0.1) is 18.8 Å². The van der Waals surface area contributed by atoms with Gasteiger partial charge in [-0.05, 0) is 37.6 Å². The fourth-order valence-corrected chi connectivity index (χ4v) is 2.11. The molecule has 0 aliphatic rings. The maximum absolute atomic E-state index is 11.5. The second-order valence-corrected chi connectivity index (χ2v) is 5.57. The van der Waals surface area contributed by atoms with Crippen LogP contribution in [-0.2, 0) is 9.53 Å². The molecule has 0 fully saturated rings. The average Bonchev–Trinajstić information content (AvgIpc) is 2.34. The lowest BCUT2D eigenvalue weighted by Gasteiger charge is -2.13. The molecule has 112 valence electrons. The topological polar surface area (TPSA) is 58.6 Å². The number of carbonyl (C=O) groups is 1. The number of benzene rings is 1. The van der Waals surface area contributed by atoms with Crippen molar-refractivity contribution in [3.63, 3.8) is 0 Å². The van der Waals surface area contributed by atoms with Crippen LogP contribution in [-0.4, -0.2) is 30.3 Å². The molecule has 1 aromatic carbocycles. The van der Waals surface area contributed by atoms with E-state index in [1.807, 2.05) is 13.8 Å². The minimum atomic E-state index is -0.846. The maximum atomic E-state index is 11.5. The summed E-state index contributed by atoms with van der Waals surface area (Å²) in [6.07, 6.45) is -0.482. The molecule has 0 aromatic heterocycles. The highest BCUT2D eigenvalue weighted by Crippen LogP contribution is 2.23. The number of aliphatic hydroxyl groups excluding tert-OH is 1. The third-order valence-electron chi connectivity index (χ3n) is 2.54. The van der Waals surface area contributed by atoms with Gasteiger partial charge in [-0.15, -0.1) is 0 Å². The SMILES string of the molecule is CC(C)OCCC(=O)NCC(O)c1cc(Cl)cc(Cl)c1. The van der Waals surface area contributed by atoms with E-state index < -0.39 is 6.10 Å². The van der Waals surface area contributed by atoms with Gasteiger partial charge in [-0.25, -0.2) is 0 Å². The van der Waals surface area contributed by atoms with Crippen LogP contribution in [0.25, 0.3) is 0 Å². The Bertz CT molecular complexity index is 432. The fourth-order valence-electron chi connectivity index (χ4n) is 1.57. The quantitative estimate of drug-likeness (QED) is 0.812. The van der Waals surface area contributed by atoms with Gasteiger partial charge in [-0.1, -0.05) is 23.2 Å². The first-order chi connectivity index (χ1) is 9.38. The van der Waals surface area contributed by atoms with Gasteiger partial charge in [0.2, 0.25) is 5.91 Å². The van der Waals surface area contributed by atoms with Gasteiger partial charge in [-0.2, -0.15) is 0 Å². The Morgan fingerprint density at radius 1 is 1.30 bits per heavy atom. The number of nitrogens with one attached hydrogen (secondary N) is 1. The normalized spacial score (nSPS) is 12.5. The summed E-state index contributed by atoms with van der Waals surface area (Å²) in [5.74, 6) is -0.169. The van der Waals surface area contributed by atoms with Crippen LogP contribution < -0.4 is 5.32 Å². The second-order valence-electron chi connectivity index (χ2n) is 4.69. The second kappa shape index (κ2) is 8.47. The van der Waals surface area contributed by atoms with Gasteiger partial charge in [-0.3, -0.25) is 4.79 Å². The largest absolute Gasteiger partial charge is 0.387 e. The molecule has 20 heavy (non-hydrogen) atoms. The highest BCUT2D eigenvalue weighted by atomic mass is 35.5. The van der Waals surface area contributed by atoms with E-state index in [-0.39, 0.29) is 25.0 Å². The standard InChI is InChI=1S/C14H19Cl2NO3/c1-9(2)20-4-3-14(19)17-8-13(18)10-5-11(15)7-12(16)6-10/h5-7,9,13,18H,3-4,8H2,1-2H3,(H,17,19). The molecule has 0 bridgehead atoms. The molecular formula is C14H19Cl2NO3. The van der Waals surface area contributed by atoms with E-state index in [1.165, 1.54) is 0 Å². The number of halogens is 2. The highest BCUT2D eigenvalue weighted by molar-refractivity contribution is 6.34. The van der Waals surface area contributed by atoms with Crippen molar-refractivity contribution in [1.29, 1.82) is 0 Å². The molecule has 6 heteroatoms. The van der Waals surface area contributed by atoms with Crippen LogP contribution in [0.2, 0.25) is 10.0 Å². The minimum absolute atomic E-state index is 0.0991. The number of hydrogen-bond acceptors (Lipinski definition) is 3. The Morgan fingerprint density at radius 3 is 2.45 bits per heavy atom. The van der Waals surface area contributed by atoms with Crippen molar-refractivity contribution in [3.05, 3.63) is 33.8 Å². The zero-order chi connectivity index (χ0) is 15.1. The number of rotatable bonds is 7. The number of amides is 1. The highest BCUT2D eigenvalue weighted by Gasteiger charge is 2.11. The summed E-state index contributed by atoms with van der Waals surface area (Å²) < 4.78 is 5.28. The summed E-state index contributed by atoms with van der Waals surface area (Å²) in [6, 6.07) is 4.82. The first-order valence-corrected chi connectivity index (χ1v) is 7.16. The minimum Gasteiger partial charge on any atom is -0.387 e. The van der Waals surface area contributed by atoms with Crippen LogP contribution in [0.1, 0.15) is 31.9 Å². The molecule has 1 aromatic rings. The lowest BCUT2D eigenvalue weighted by Crippen LogP contribution is -2.29. The summed E-state index contributed by atoms with van der Waals surface area (Å²) >= 11 is 11.7. The van der Waals surface area contributed by atoms with Gasteiger partial charge < -0.3 is 15.2 Å². The molecule has 1 rings (SSSR count). The molecule has 0 aliphatic carbocycles. The molecule has 0 heterocycles. The summed E-state index contributed by atoms with van der Waals surface area (Å²) in [5, 5.41) is 13.5. The summed E-state index contributed by atoms with van der Waals surface area (Å²) in [7, 11) is 0. The van der Waals surface area contributed by atoms with Gasteiger partial charge in [0, 0.05) is 23.0 Å². The number of carbonyl (C=O) groups excluding carboxylic acids is 1. The van der Waals surface area contributed by atoms with E-state index >= 15 is 0 Å². The van der Waals surface area contributed by atoms with Crippen LogP contribution in [0.3, 0.4) is 0 Å². The molecule has 0 saturated heterocycles. The first kappa shape index (κ1) is 17.2. The number of hydrogen-bond donors (Lipinski definition) is 2. The van der Waals surface area contributed by atoms with Gasteiger partial charge >= 0.3 is 0 Å². The van der Waals surface area contributed by atoms with Crippen LogP contribution in [0, 0.1) is 0 Å². The number of aliphatic hydroxyl groups is 1. The average molecular weight is 320 g/mol. The third-order valence-corrected chi connectivity index (χ3v) is 2.98. The Labute approximate surface area is 129 Å². The Hall–Kier alpha value is -0.810. The monoisotopic (exact) mass is 319 g/mol. The van der Waals surface area contributed by atoms with E-state index in [1.54, 1.807) is 18.2 Å². The van der Waals surface area contributed by atoms with E-state index in [0.29, 0.717) is 22.2 Å². The molecule has 1 unspecified atom stereocenters. The predicted octanol–water partition coefficient (Wildman–Crippen LogP) is 2.96. The Balaban J connectivity index is 2.38. The fraction of sp³-hybridized carbons (Fsp3) is 0.500. The molecule has 0 saturated carbocycles. The van der Waals surface area contributed by atoms with Gasteiger partial charge in [0.1, 0.15) is 0 Å². The molecule has 2 N–H and O–H groups in total. The molecule has 4 nitrogen and oxygen atoms in total. The maximum Gasteiger partial charge on any atom is 0.222 e. The zero-order valence-electron chi connectivity index (χ0n) is 11.5. The Morgan fingerprint density at radius 2 is 1.90 bits per heavy atom. The first-order valence-electron chi connectivity index (χ1n) is 6.41. The number of ether oxygens (including phenoxy) is 1. The summed E-state index contributed by atoms with van der Waals surface area (Å²) in [5.41, 5.74) is 0.571. The Kier molecular flexibility index (Phi) is 7.30. The van der Waals surface area contributed by atoms with E-state index in [4.69, 9.17) is 27.9 Å². The van der Waals surface area contributed by atoms with Crippen molar-refractivity contribution in [1.82, 2.24) is 5.32 Å². The summed E-state index contributed by atoms with van der Waals surface area (Å²) in [4.78, 5) is 11.5. The van der Waals surface area contributed by atoms with E-state index in [0.717, 1.165) is 0 Å². The predicted molar refractivity (Wildman–Crippen MR) is 80.1 cm³/mol. The van der Waals surface area contributed by atoms with E-state index in [2.05, 4.69) is 5.32 Å². The van der Waals surface area contributed by atoms with Crippen molar-refractivity contribution < 1.29 is 14.6 Å². The van der Waals surface area contributed by atoms with Crippen LogP contribution in [0.4, 0.5) is 0 Å². The molecular weight excluding hydrogens is 301 g/mol. The van der Waals surface area contributed by atoms with Crippen molar-refractivity contribution in [2.45, 2.75) is 32.5 Å². The molecule has 0 radical (unpaired) electrons. The smallest absolute Gasteiger partial charge is 0.222 e. The molecule has 0 aliphatic heterocycles. The molecule has 1 atom stereocenters. The lowest BCUT2D eigenvalue weighted by atomic mass is 10.1. The zero-order valence-corrected chi connectivity index (χ0v) is 13.0. The van der Waals surface area contributed by atoms with E-state index in [9.17, 15) is 9.90 Å². The van der Waals surface area contributed by atoms with Gasteiger partial charge in [0.25, 0.3) is 0 Å². The lowest BCUT2D eigenvalue weighted by molar-refractivity contribution is -0.122. The van der Waals surface area contributed by atoms with Crippen LogP contribution in [0.5, 0.6) is 0 Å². The van der Waals surface area contributed by atoms with Crippen molar-refractivity contribution in [2.24, 2.45) is 0 Å². The summed E-state index contributed by atoms with van der Waals surface area (Å²) in [6.45, 7) is 4.29.